The molecule has 2 fully saturated rings. The number of fused-ring (bicyclic) bond motifs is 4. The van der Waals surface area contributed by atoms with Gasteiger partial charge in [-0.05, 0) is 56.2 Å². The second-order valence-corrected chi connectivity index (χ2v) is 10.0. The number of hydrogen-bond acceptors (Lipinski definition) is 4. The number of likely N-dealkylation sites (tertiary alicyclic amines) is 1. The van der Waals surface area contributed by atoms with E-state index in [0.29, 0.717) is 5.92 Å². The summed E-state index contributed by atoms with van der Waals surface area (Å²) < 4.78 is 6.44. The summed E-state index contributed by atoms with van der Waals surface area (Å²) in [4.78, 5) is 29.4. The lowest BCUT2D eigenvalue weighted by molar-refractivity contribution is -0.0163. The number of anilines is 1. The summed E-state index contributed by atoms with van der Waals surface area (Å²) in [7, 11) is 0. The van der Waals surface area contributed by atoms with E-state index in [1.54, 1.807) is 0 Å². The molecule has 0 saturated carbocycles. The SMILES string of the molecule is CC(C)(C)OC(=O)N1C[C@H]2CN(c3ccc4c(c3)C(=O)c3cc(Br)ccc3-4)C[C@@H]21. The average Bonchev–Trinajstić information content (AvgIpc) is 3.09. The Balaban J connectivity index is 1.35. The monoisotopic (exact) mass is 454 g/mol. The van der Waals surface area contributed by atoms with E-state index in [1.807, 2.05) is 56.0 Å². The van der Waals surface area contributed by atoms with Gasteiger partial charge in [0.15, 0.2) is 5.78 Å². The number of benzene rings is 2. The van der Waals surface area contributed by atoms with Crippen molar-refractivity contribution in [2.75, 3.05) is 24.5 Å². The molecule has 6 heteroatoms. The minimum Gasteiger partial charge on any atom is -0.444 e. The third-order valence-corrected chi connectivity index (χ3v) is 6.49. The van der Waals surface area contributed by atoms with E-state index >= 15 is 0 Å². The van der Waals surface area contributed by atoms with Gasteiger partial charge in [0.2, 0.25) is 0 Å². The first-order valence-electron chi connectivity index (χ1n) is 9.94. The van der Waals surface area contributed by atoms with Crippen LogP contribution in [0.4, 0.5) is 10.5 Å². The topological polar surface area (TPSA) is 49.9 Å². The molecule has 3 aliphatic rings. The van der Waals surface area contributed by atoms with Crippen LogP contribution in [0.1, 0.15) is 36.7 Å². The van der Waals surface area contributed by atoms with Crippen LogP contribution in [-0.2, 0) is 4.74 Å². The molecule has 2 saturated heterocycles. The number of hydrogen-bond donors (Lipinski definition) is 0. The van der Waals surface area contributed by atoms with E-state index in [2.05, 4.69) is 26.9 Å². The molecule has 2 atom stereocenters. The Labute approximate surface area is 178 Å². The largest absolute Gasteiger partial charge is 0.444 e. The third-order valence-electron chi connectivity index (χ3n) is 6.00. The predicted molar refractivity (Wildman–Crippen MR) is 115 cm³/mol. The van der Waals surface area contributed by atoms with Crippen LogP contribution in [0.3, 0.4) is 0 Å². The molecule has 0 radical (unpaired) electrons. The average molecular weight is 455 g/mol. The number of carbonyl (C=O) groups is 2. The van der Waals surface area contributed by atoms with Crippen molar-refractivity contribution < 1.29 is 14.3 Å². The van der Waals surface area contributed by atoms with Crippen LogP contribution in [0.2, 0.25) is 0 Å². The van der Waals surface area contributed by atoms with Crippen LogP contribution in [0.25, 0.3) is 11.1 Å². The van der Waals surface area contributed by atoms with Crippen molar-refractivity contribution in [3.05, 3.63) is 52.0 Å². The molecule has 1 aliphatic carbocycles. The summed E-state index contributed by atoms with van der Waals surface area (Å²) in [5.41, 5.74) is 4.08. The summed E-state index contributed by atoms with van der Waals surface area (Å²) in [5, 5.41) is 0. The van der Waals surface area contributed by atoms with Gasteiger partial charge in [0.25, 0.3) is 0 Å². The number of carbonyl (C=O) groups excluding carboxylic acids is 2. The molecule has 2 aromatic rings. The first kappa shape index (κ1) is 18.7. The third kappa shape index (κ3) is 3.05. The zero-order valence-corrected chi connectivity index (χ0v) is 18.3. The summed E-state index contributed by atoms with van der Waals surface area (Å²) in [6.07, 6.45) is -0.231. The van der Waals surface area contributed by atoms with E-state index < -0.39 is 5.60 Å². The summed E-state index contributed by atoms with van der Waals surface area (Å²) in [6, 6.07) is 12.2. The fourth-order valence-electron chi connectivity index (χ4n) is 4.61. The van der Waals surface area contributed by atoms with Gasteiger partial charge >= 0.3 is 6.09 Å². The molecular formula is C23H23BrN2O3. The molecule has 5 nitrogen and oxygen atoms in total. The van der Waals surface area contributed by atoms with Gasteiger partial charge in [-0.2, -0.15) is 0 Å². The molecular weight excluding hydrogens is 432 g/mol. The minimum absolute atomic E-state index is 0.0794. The number of amides is 1. The van der Waals surface area contributed by atoms with E-state index in [1.165, 1.54) is 0 Å². The highest BCUT2D eigenvalue weighted by Crippen LogP contribution is 2.41. The van der Waals surface area contributed by atoms with Crippen molar-refractivity contribution in [2.24, 2.45) is 5.92 Å². The Morgan fingerprint density at radius 1 is 1.00 bits per heavy atom. The molecule has 2 heterocycles. The summed E-state index contributed by atoms with van der Waals surface area (Å²) in [5.74, 6) is 0.537. The lowest BCUT2D eigenvalue weighted by atomic mass is 9.93. The minimum atomic E-state index is -0.481. The molecule has 0 spiro atoms. The Morgan fingerprint density at radius 3 is 2.41 bits per heavy atom. The zero-order chi connectivity index (χ0) is 20.5. The highest BCUT2D eigenvalue weighted by Gasteiger charge is 2.49. The van der Waals surface area contributed by atoms with Crippen LogP contribution < -0.4 is 4.90 Å². The maximum atomic E-state index is 12.9. The first-order valence-corrected chi connectivity index (χ1v) is 10.7. The molecule has 0 aromatic heterocycles. The normalized spacial score (nSPS) is 22.1. The van der Waals surface area contributed by atoms with Crippen molar-refractivity contribution >= 4 is 33.5 Å². The molecule has 29 heavy (non-hydrogen) atoms. The van der Waals surface area contributed by atoms with Crippen molar-refractivity contribution in [1.29, 1.82) is 0 Å². The molecule has 5 rings (SSSR count). The van der Waals surface area contributed by atoms with E-state index in [9.17, 15) is 9.59 Å². The Kier molecular flexibility index (Phi) is 4.07. The van der Waals surface area contributed by atoms with E-state index in [4.69, 9.17) is 4.74 Å². The van der Waals surface area contributed by atoms with Crippen molar-refractivity contribution in [2.45, 2.75) is 32.4 Å². The van der Waals surface area contributed by atoms with Crippen molar-refractivity contribution in [3.63, 3.8) is 0 Å². The fraction of sp³-hybridized carbons (Fsp3) is 0.391. The lowest BCUT2D eigenvalue weighted by Gasteiger charge is -2.43. The number of rotatable bonds is 1. The molecule has 0 bridgehead atoms. The van der Waals surface area contributed by atoms with Crippen LogP contribution in [-0.4, -0.2) is 48.1 Å². The van der Waals surface area contributed by atoms with Gasteiger partial charge in [0.1, 0.15) is 5.60 Å². The zero-order valence-electron chi connectivity index (χ0n) is 16.7. The Morgan fingerprint density at radius 2 is 1.69 bits per heavy atom. The quantitative estimate of drug-likeness (QED) is 0.533. The maximum Gasteiger partial charge on any atom is 0.410 e. The van der Waals surface area contributed by atoms with Crippen LogP contribution in [0.15, 0.2) is 40.9 Å². The fourth-order valence-corrected chi connectivity index (χ4v) is 4.98. The lowest BCUT2D eigenvalue weighted by Crippen LogP contribution is -2.59. The van der Waals surface area contributed by atoms with Gasteiger partial charge in [0.05, 0.1) is 6.04 Å². The van der Waals surface area contributed by atoms with E-state index in [-0.39, 0.29) is 17.9 Å². The van der Waals surface area contributed by atoms with Crippen LogP contribution in [0, 0.1) is 5.92 Å². The second-order valence-electron chi connectivity index (χ2n) is 9.11. The first-order chi connectivity index (χ1) is 13.7. The summed E-state index contributed by atoms with van der Waals surface area (Å²) >= 11 is 3.46. The molecule has 2 aliphatic heterocycles. The van der Waals surface area contributed by atoms with Crippen LogP contribution >= 0.6 is 15.9 Å². The standard InChI is InChI=1S/C23H23BrN2O3/c1-23(2,3)29-22(28)26-11-13-10-25(12-20(13)26)15-5-7-17-16-6-4-14(24)8-18(16)21(27)19(17)9-15/h4-9,13,20H,10-12H2,1-3H3/t13-,20+/m1/s1. The van der Waals surface area contributed by atoms with Gasteiger partial charge < -0.3 is 14.5 Å². The second kappa shape index (κ2) is 6.33. The van der Waals surface area contributed by atoms with Gasteiger partial charge in [0, 0.05) is 46.8 Å². The maximum absolute atomic E-state index is 12.9. The number of ether oxygens (including phenoxy) is 1. The Hall–Kier alpha value is -2.34. The van der Waals surface area contributed by atoms with Gasteiger partial charge in [-0.15, -0.1) is 0 Å². The molecule has 0 N–H and O–H groups in total. The molecule has 150 valence electrons. The summed E-state index contributed by atoms with van der Waals surface area (Å²) in [6.45, 7) is 8.08. The smallest absolute Gasteiger partial charge is 0.410 e. The predicted octanol–water partition coefficient (Wildman–Crippen LogP) is 4.72. The van der Waals surface area contributed by atoms with Crippen molar-refractivity contribution in [3.8, 4) is 11.1 Å². The molecule has 0 unspecified atom stereocenters. The molecule has 2 aromatic carbocycles. The van der Waals surface area contributed by atoms with Gasteiger partial charge in [-0.3, -0.25) is 4.79 Å². The Bertz CT molecular complexity index is 1040. The van der Waals surface area contributed by atoms with Gasteiger partial charge in [-0.25, -0.2) is 4.79 Å². The highest BCUT2D eigenvalue weighted by molar-refractivity contribution is 9.10. The number of halogens is 1. The number of nitrogens with zero attached hydrogens (tertiary/aromatic N) is 2. The van der Waals surface area contributed by atoms with Crippen molar-refractivity contribution in [1.82, 2.24) is 4.90 Å². The molecule has 1 amide bonds. The highest BCUT2D eigenvalue weighted by atomic mass is 79.9. The van der Waals surface area contributed by atoms with E-state index in [0.717, 1.165) is 52.0 Å². The van der Waals surface area contributed by atoms with Gasteiger partial charge in [-0.1, -0.05) is 28.1 Å². The van der Waals surface area contributed by atoms with Crippen LogP contribution in [0.5, 0.6) is 0 Å². The number of ketones is 1.